The van der Waals surface area contributed by atoms with Crippen molar-refractivity contribution in [1.29, 1.82) is 0 Å². The minimum Gasteiger partial charge on any atom is -0.381 e. The summed E-state index contributed by atoms with van der Waals surface area (Å²) >= 11 is 1.60. The van der Waals surface area contributed by atoms with Crippen molar-refractivity contribution in [1.82, 2.24) is 5.43 Å². The van der Waals surface area contributed by atoms with E-state index in [4.69, 9.17) is 4.74 Å². The van der Waals surface area contributed by atoms with Crippen LogP contribution < -0.4 is 5.43 Å². The summed E-state index contributed by atoms with van der Waals surface area (Å²) < 4.78 is 5.08. The van der Waals surface area contributed by atoms with Crippen LogP contribution in [0.5, 0.6) is 0 Å². The average molecular weight is 240 g/mol. The number of carbonyl (C=O) groups is 1. The lowest BCUT2D eigenvalue weighted by Gasteiger charge is -2.01. The van der Waals surface area contributed by atoms with Gasteiger partial charge >= 0.3 is 0 Å². The fourth-order valence-corrected chi connectivity index (χ4v) is 1.73. The molecule has 88 valence electrons. The highest BCUT2D eigenvalue weighted by Crippen LogP contribution is 2.09. The van der Waals surface area contributed by atoms with E-state index >= 15 is 0 Å². The maximum atomic E-state index is 11.3. The van der Waals surface area contributed by atoms with E-state index in [1.807, 2.05) is 31.4 Å². The third-order valence-corrected chi connectivity index (χ3v) is 2.88. The van der Waals surface area contributed by atoms with Gasteiger partial charge in [-0.3, -0.25) is 4.79 Å². The van der Waals surface area contributed by atoms with E-state index in [1.54, 1.807) is 11.3 Å². The Kier molecular flexibility index (Phi) is 5.74. The van der Waals surface area contributed by atoms with Gasteiger partial charge < -0.3 is 4.74 Å². The maximum absolute atomic E-state index is 11.3. The van der Waals surface area contributed by atoms with Crippen molar-refractivity contribution in [2.75, 3.05) is 13.2 Å². The first-order chi connectivity index (χ1) is 7.74. The number of hydrogen-bond donors (Lipinski definition) is 1. The van der Waals surface area contributed by atoms with Crippen LogP contribution in [0, 0.1) is 0 Å². The van der Waals surface area contributed by atoms with Crippen molar-refractivity contribution >= 4 is 23.0 Å². The molecule has 0 spiro atoms. The number of rotatable bonds is 6. The van der Waals surface area contributed by atoms with Gasteiger partial charge in [-0.1, -0.05) is 6.07 Å². The molecule has 0 aliphatic carbocycles. The van der Waals surface area contributed by atoms with Crippen molar-refractivity contribution in [2.45, 2.75) is 20.3 Å². The summed E-state index contributed by atoms with van der Waals surface area (Å²) in [6.45, 7) is 4.84. The minimum atomic E-state index is -0.121. The molecule has 0 fully saturated rings. The lowest BCUT2D eigenvalue weighted by atomic mass is 10.3. The van der Waals surface area contributed by atoms with E-state index < -0.39 is 0 Å². The largest absolute Gasteiger partial charge is 0.381 e. The second kappa shape index (κ2) is 7.14. The van der Waals surface area contributed by atoms with Crippen LogP contribution >= 0.6 is 11.3 Å². The minimum absolute atomic E-state index is 0.121. The molecular weight excluding hydrogens is 224 g/mol. The second-order valence-electron chi connectivity index (χ2n) is 3.16. The summed E-state index contributed by atoms with van der Waals surface area (Å²) in [4.78, 5) is 12.4. The van der Waals surface area contributed by atoms with Crippen LogP contribution in [0.25, 0.3) is 0 Å². The van der Waals surface area contributed by atoms with E-state index in [9.17, 15) is 4.79 Å². The van der Waals surface area contributed by atoms with Gasteiger partial charge in [-0.25, -0.2) is 5.43 Å². The Balaban J connectivity index is 2.32. The number of hydrogen-bond acceptors (Lipinski definition) is 4. The molecule has 4 nitrogen and oxygen atoms in total. The highest BCUT2D eigenvalue weighted by atomic mass is 32.1. The molecule has 0 radical (unpaired) electrons. The van der Waals surface area contributed by atoms with E-state index in [1.165, 1.54) is 0 Å². The first-order valence-corrected chi connectivity index (χ1v) is 6.06. The van der Waals surface area contributed by atoms with Crippen LogP contribution in [-0.2, 0) is 9.53 Å². The van der Waals surface area contributed by atoms with Crippen LogP contribution in [-0.4, -0.2) is 24.8 Å². The van der Waals surface area contributed by atoms with Crippen molar-refractivity contribution in [3.63, 3.8) is 0 Å². The van der Waals surface area contributed by atoms with Gasteiger partial charge in [-0.15, -0.1) is 11.3 Å². The first-order valence-electron chi connectivity index (χ1n) is 5.18. The van der Waals surface area contributed by atoms with Crippen LogP contribution in [0.3, 0.4) is 0 Å². The quantitative estimate of drug-likeness (QED) is 0.470. The number of nitrogens with zero attached hydrogens (tertiary/aromatic N) is 1. The SMILES string of the molecule is CCOCCC(=O)NN=C(C)c1cccs1. The maximum Gasteiger partial charge on any atom is 0.242 e. The lowest BCUT2D eigenvalue weighted by molar-refractivity contribution is -0.122. The Morgan fingerprint density at radius 1 is 1.62 bits per heavy atom. The summed E-state index contributed by atoms with van der Waals surface area (Å²) in [7, 11) is 0. The average Bonchev–Trinajstić information content (AvgIpc) is 2.79. The molecule has 1 N–H and O–H groups in total. The number of amides is 1. The zero-order valence-electron chi connectivity index (χ0n) is 9.53. The third kappa shape index (κ3) is 4.55. The van der Waals surface area contributed by atoms with E-state index in [0.717, 1.165) is 10.6 Å². The normalized spacial score (nSPS) is 11.5. The molecule has 1 aromatic heterocycles. The Morgan fingerprint density at radius 3 is 3.06 bits per heavy atom. The van der Waals surface area contributed by atoms with Crippen molar-refractivity contribution in [3.8, 4) is 0 Å². The summed E-state index contributed by atoms with van der Waals surface area (Å²) in [6, 6.07) is 3.92. The zero-order valence-corrected chi connectivity index (χ0v) is 10.3. The molecule has 0 saturated carbocycles. The number of thiophene rings is 1. The topological polar surface area (TPSA) is 50.7 Å². The first kappa shape index (κ1) is 12.9. The predicted octanol–water partition coefficient (Wildman–Crippen LogP) is 2.01. The fourth-order valence-electron chi connectivity index (χ4n) is 1.05. The Bertz CT molecular complexity index is 347. The molecule has 0 aliphatic heterocycles. The van der Waals surface area contributed by atoms with Gasteiger partial charge in [0.05, 0.1) is 18.7 Å². The molecule has 0 unspecified atom stereocenters. The van der Waals surface area contributed by atoms with Gasteiger partial charge in [-0.05, 0) is 25.3 Å². The molecule has 0 atom stereocenters. The Morgan fingerprint density at radius 2 is 2.44 bits per heavy atom. The second-order valence-corrected chi connectivity index (χ2v) is 4.10. The van der Waals surface area contributed by atoms with Gasteiger partial charge in [0.15, 0.2) is 0 Å². The van der Waals surface area contributed by atoms with Crippen LogP contribution in [0.2, 0.25) is 0 Å². The summed E-state index contributed by atoms with van der Waals surface area (Å²) in [5.41, 5.74) is 3.32. The molecule has 5 heteroatoms. The molecule has 0 bridgehead atoms. The molecule has 1 aromatic rings. The van der Waals surface area contributed by atoms with Crippen molar-refractivity contribution in [3.05, 3.63) is 22.4 Å². The van der Waals surface area contributed by atoms with E-state index in [0.29, 0.717) is 19.6 Å². The van der Waals surface area contributed by atoms with Crippen LogP contribution in [0.15, 0.2) is 22.6 Å². The number of nitrogens with one attached hydrogen (secondary N) is 1. The van der Waals surface area contributed by atoms with Gasteiger partial charge in [0, 0.05) is 11.5 Å². The Hall–Kier alpha value is -1.20. The monoisotopic (exact) mass is 240 g/mol. The molecule has 1 amide bonds. The predicted molar refractivity (Wildman–Crippen MR) is 65.8 cm³/mol. The number of hydrazone groups is 1. The van der Waals surface area contributed by atoms with E-state index in [2.05, 4.69) is 10.5 Å². The number of carbonyl (C=O) groups excluding carboxylic acids is 1. The van der Waals surface area contributed by atoms with E-state index in [-0.39, 0.29) is 5.91 Å². The lowest BCUT2D eigenvalue weighted by Crippen LogP contribution is -2.20. The molecule has 0 aliphatic rings. The fraction of sp³-hybridized carbons (Fsp3) is 0.455. The van der Waals surface area contributed by atoms with Crippen LogP contribution in [0.1, 0.15) is 25.1 Å². The smallest absolute Gasteiger partial charge is 0.242 e. The van der Waals surface area contributed by atoms with Gasteiger partial charge in [-0.2, -0.15) is 5.10 Å². The molecular formula is C11H16N2O2S. The zero-order chi connectivity index (χ0) is 11.8. The van der Waals surface area contributed by atoms with Gasteiger partial charge in [0.2, 0.25) is 5.91 Å². The highest BCUT2D eigenvalue weighted by molar-refractivity contribution is 7.12. The van der Waals surface area contributed by atoms with Gasteiger partial charge in [0.25, 0.3) is 0 Å². The third-order valence-electron chi connectivity index (χ3n) is 1.90. The number of ether oxygens (including phenoxy) is 1. The standard InChI is InChI=1S/C11H16N2O2S/c1-3-15-7-6-11(14)13-12-9(2)10-5-4-8-16-10/h4-5,8H,3,6-7H2,1-2H3,(H,13,14). The van der Waals surface area contributed by atoms with Crippen LogP contribution in [0.4, 0.5) is 0 Å². The van der Waals surface area contributed by atoms with Crippen molar-refractivity contribution in [2.24, 2.45) is 5.10 Å². The summed E-state index contributed by atoms with van der Waals surface area (Å²) in [5.74, 6) is -0.121. The molecule has 1 rings (SSSR count). The molecule has 1 heterocycles. The molecule has 16 heavy (non-hydrogen) atoms. The highest BCUT2D eigenvalue weighted by Gasteiger charge is 2.01. The Labute approximate surface area is 99.3 Å². The summed E-state index contributed by atoms with van der Waals surface area (Å²) in [6.07, 6.45) is 0.342. The molecule has 0 aromatic carbocycles. The van der Waals surface area contributed by atoms with Crippen molar-refractivity contribution < 1.29 is 9.53 Å². The van der Waals surface area contributed by atoms with Gasteiger partial charge in [0.1, 0.15) is 0 Å². The summed E-state index contributed by atoms with van der Waals surface area (Å²) in [5, 5.41) is 5.99. The molecule has 0 saturated heterocycles.